The maximum Gasteiger partial charge on any atom is 0.409 e. The Morgan fingerprint density at radius 1 is 1.14 bits per heavy atom. The summed E-state index contributed by atoms with van der Waals surface area (Å²) in [5.74, 6) is 1.10. The van der Waals surface area contributed by atoms with Gasteiger partial charge in [-0.1, -0.05) is 13.8 Å². The van der Waals surface area contributed by atoms with E-state index in [0.717, 1.165) is 0 Å². The van der Waals surface area contributed by atoms with Gasteiger partial charge in [0.2, 0.25) is 0 Å². The van der Waals surface area contributed by atoms with Gasteiger partial charge in [0.15, 0.2) is 0 Å². The Morgan fingerprint density at radius 2 is 1.57 bits per heavy atom. The van der Waals surface area contributed by atoms with Crippen LogP contribution in [0.25, 0.3) is 0 Å². The minimum absolute atomic E-state index is 0.399. The molecule has 0 aliphatic heterocycles. The third-order valence-corrected chi connectivity index (χ3v) is 1.33. The van der Waals surface area contributed by atoms with Crippen LogP contribution in [0.15, 0.2) is 24.3 Å². The van der Waals surface area contributed by atoms with Gasteiger partial charge >= 0.3 is 5.43 Å². The lowest BCUT2D eigenvalue weighted by Gasteiger charge is -2.01. The highest BCUT2D eigenvalue weighted by Crippen LogP contribution is 2.17. The van der Waals surface area contributed by atoms with Crippen LogP contribution in [0.3, 0.4) is 0 Å². The van der Waals surface area contributed by atoms with E-state index in [0.29, 0.717) is 11.5 Å². The molecule has 0 saturated heterocycles. The summed E-state index contributed by atoms with van der Waals surface area (Å²) in [4.78, 5) is 10.3. The Labute approximate surface area is 88.6 Å². The summed E-state index contributed by atoms with van der Waals surface area (Å²) in [6, 6.07) is 6.54. The summed E-state index contributed by atoms with van der Waals surface area (Å²) < 4.78 is 9.49. The Hall–Kier alpha value is -1.22. The van der Waals surface area contributed by atoms with Crippen LogP contribution >= 0.6 is 11.6 Å². The van der Waals surface area contributed by atoms with Gasteiger partial charge in [0.1, 0.15) is 11.5 Å². The highest BCUT2D eigenvalue weighted by atomic mass is 35.5. The van der Waals surface area contributed by atoms with E-state index in [-0.39, 0.29) is 0 Å². The maximum absolute atomic E-state index is 10.3. The summed E-state index contributed by atoms with van der Waals surface area (Å²) in [5, 5.41) is 0. The molecule has 0 spiro atoms. The van der Waals surface area contributed by atoms with Crippen molar-refractivity contribution in [3.63, 3.8) is 0 Å². The van der Waals surface area contributed by atoms with E-state index in [1.54, 1.807) is 31.4 Å². The number of rotatable bonds is 2. The topological polar surface area (TPSA) is 35.5 Å². The van der Waals surface area contributed by atoms with E-state index in [4.69, 9.17) is 16.3 Å². The van der Waals surface area contributed by atoms with Gasteiger partial charge in [0, 0.05) is 11.6 Å². The van der Waals surface area contributed by atoms with Crippen molar-refractivity contribution in [3.05, 3.63) is 24.3 Å². The van der Waals surface area contributed by atoms with E-state index in [1.807, 2.05) is 13.8 Å². The van der Waals surface area contributed by atoms with Crippen molar-refractivity contribution in [2.75, 3.05) is 7.11 Å². The summed E-state index contributed by atoms with van der Waals surface area (Å²) in [7, 11) is 1.56. The fraction of sp³-hybridized carbons (Fsp3) is 0.300. The average Bonchev–Trinajstić information content (AvgIpc) is 2.21. The maximum atomic E-state index is 10.3. The predicted octanol–water partition coefficient (Wildman–Crippen LogP) is 3.46. The summed E-state index contributed by atoms with van der Waals surface area (Å²) in [6.07, 6.45) is 0. The van der Waals surface area contributed by atoms with Crippen LogP contribution < -0.4 is 9.47 Å². The van der Waals surface area contributed by atoms with Crippen molar-refractivity contribution in [3.8, 4) is 11.5 Å². The third-order valence-electron chi connectivity index (χ3n) is 1.26. The molecule has 0 amide bonds. The van der Waals surface area contributed by atoms with Gasteiger partial charge in [-0.3, -0.25) is 0 Å². The van der Waals surface area contributed by atoms with Gasteiger partial charge in [-0.2, -0.15) is 0 Å². The largest absolute Gasteiger partial charge is 0.497 e. The van der Waals surface area contributed by atoms with Gasteiger partial charge < -0.3 is 9.47 Å². The molecule has 0 heterocycles. The van der Waals surface area contributed by atoms with Crippen molar-refractivity contribution >= 4 is 17.0 Å². The number of hydrogen-bond donors (Lipinski definition) is 0. The van der Waals surface area contributed by atoms with Gasteiger partial charge in [-0.15, -0.1) is 0 Å². The molecule has 0 bridgehead atoms. The van der Waals surface area contributed by atoms with E-state index in [9.17, 15) is 4.79 Å². The van der Waals surface area contributed by atoms with E-state index in [1.165, 1.54) is 0 Å². The molecule has 1 aromatic carbocycles. The molecule has 0 radical (unpaired) electrons. The van der Waals surface area contributed by atoms with E-state index < -0.39 is 5.43 Å². The minimum Gasteiger partial charge on any atom is -0.497 e. The van der Waals surface area contributed by atoms with Crippen LogP contribution in [0.5, 0.6) is 11.5 Å². The SMILES string of the molecule is CC.COc1ccc(OC(=O)Cl)cc1. The van der Waals surface area contributed by atoms with Crippen LogP contribution in [0.2, 0.25) is 0 Å². The first-order valence-corrected chi connectivity index (χ1v) is 4.61. The standard InChI is InChI=1S/C8H7ClO3.C2H6/c1-11-6-2-4-7(5-3-6)12-8(9)10;1-2/h2-5H,1H3;1-2H3. The Morgan fingerprint density at radius 3 is 1.93 bits per heavy atom. The molecule has 0 atom stereocenters. The number of carbonyl (C=O) groups excluding carboxylic acids is 1. The van der Waals surface area contributed by atoms with Crippen LogP contribution in [-0.4, -0.2) is 12.5 Å². The molecule has 0 fully saturated rings. The van der Waals surface area contributed by atoms with Crippen molar-refractivity contribution in [1.82, 2.24) is 0 Å². The molecule has 3 nitrogen and oxygen atoms in total. The Kier molecular flexibility index (Phi) is 6.58. The molecular weight excluding hydrogens is 204 g/mol. The van der Waals surface area contributed by atoms with Gasteiger partial charge in [0.25, 0.3) is 0 Å². The smallest absolute Gasteiger partial charge is 0.409 e. The second-order valence-corrected chi connectivity index (χ2v) is 2.32. The lowest BCUT2D eigenvalue weighted by molar-refractivity contribution is 0.225. The first-order chi connectivity index (χ1) is 6.72. The zero-order chi connectivity index (χ0) is 11.0. The lowest BCUT2D eigenvalue weighted by Crippen LogP contribution is -1.95. The highest BCUT2D eigenvalue weighted by Gasteiger charge is 1.98. The Bertz CT molecular complexity index is 269. The lowest BCUT2D eigenvalue weighted by atomic mass is 10.3. The third kappa shape index (κ3) is 4.72. The normalized spacial score (nSPS) is 8.29. The molecule has 0 unspecified atom stereocenters. The second kappa shape index (κ2) is 7.21. The number of carbonyl (C=O) groups is 1. The number of hydrogen-bond acceptors (Lipinski definition) is 3. The van der Waals surface area contributed by atoms with Crippen LogP contribution in [-0.2, 0) is 0 Å². The molecule has 0 aromatic heterocycles. The summed E-state index contributed by atoms with van der Waals surface area (Å²) in [5.41, 5.74) is -0.847. The first kappa shape index (κ1) is 12.8. The molecule has 78 valence electrons. The van der Waals surface area contributed by atoms with Crippen LogP contribution in [0.1, 0.15) is 13.8 Å². The van der Waals surface area contributed by atoms with E-state index >= 15 is 0 Å². The fourth-order valence-electron chi connectivity index (χ4n) is 0.736. The zero-order valence-corrected chi connectivity index (χ0v) is 9.17. The Balaban J connectivity index is 0.000000791. The van der Waals surface area contributed by atoms with Crippen molar-refractivity contribution in [2.45, 2.75) is 13.8 Å². The molecular formula is C10H13ClO3. The molecule has 4 heteroatoms. The van der Waals surface area contributed by atoms with Crippen molar-refractivity contribution in [2.24, 2.45) is 0 Å². The fourth-order valence-corrected chi connectivity index (χ4v) is 0.826. The zero-order valence-electron chi connectivity index (χ0n) is 8.41. The predicted molar refractivity (Wildman–Crippen MR) is 56.2 cm³/mol. The first-order valence-electron chi connectivity index (χ1n) is 4.24. The van der Waals surface area contributed by atoms with Gasteiger partial charge in [-0.05, 0) is 24.3 Å². The number of ether oxygens (including phenoxy) is 2. The summed E-state index contributed by atoms with van der Waals surface area (Å²) >= 11 is 4.99. The summed E-state index contributed by atoms with van der Waals surface area (Å²) in [6.45, 7) is 4.00. The average molecular weight is 217 g/mol. The van der Waals surface area contributed by atoms with Crippen LogP contribution in [0.4, 0.5) is 4.79 Å². The molecule has 0 aliphatic carbocycles. The molecule has 1 aromatic rings. The minimum atomic E-state index is -0.847. The van der Waals surface area contributed by atoms with E-state index in [2.05, 4.69) is 4.74 Å². The highest BCUT2D eigenvalue weighted by molar-refractivity contribution is 6.61. The van der Waals surface area contributed by atoms with Crippen LogP contribution in [0, 0.1) is 0 Å². The van der Waals surface area contributed by atoms with Gasteiger partial charge in [-0.25, -0.2) is 4.79 Å². The van der Waals surface area contributed by atoms with Crippen molar-refractivity contribution < 1.29 is 14.3 Å². The van der Waals surface area contributed by atoms with Crippen molar-refractivity contribution in [1.29, 1.82) is 0 Å². The molecule has 1 rings (SSSR count). The molecule has 0 saturated carbocycles. The molecule has 0 N–H and O–H groups in total. The van der Waals surface area contributed by atoms with Gasteiger partial charge in [0.05, 0.1) is 7.11 Å². The quantitative estimate of drug-likeness (QED) is 0.711. The number of methoxy groups -OCH3 is 1. The molecule has 0 aliphatic rings. The number of benzene rings is 1. The monoisotopic (exact) mass is 216 g/mol. The molecule has 14 heavy (non-hydrogen) atoms. The second-order valence-electron chi connectivity index (χ2n) is 2.02. The number of halogens is 1.